The normalized spacial score (nSPS) is 11.5. The molecule has 0 N–H and O–H groups in total. The number of fused-ring (bicyclic) bond motifs is 6. The molecule has 0 amide bonds. The van der Waals surface area contributed by atoms with Crippen LogP contribution in [0.4, 0.5) is 34.1 Å². The van der Waals surface area contributed by atoms with Crippen molar-refractivity contribution in [3.05, 3.63) is 170 Å². The van der Waals surface area contributed by atoms with Crippen LogP contribution < -0.4 is 9.80 Å². The van der Waals surface area contributed by atoms with Gasteiger partial charge in [-0.15, -0.1) is 11.3 Å². The molecule has 0 saturated heterocycles. The quantitative estimate of drug-likeness (QED) is 0.187. The summed E-state index contributed by atoms with van der Waals surface area (Å²) < 4.78 is 9.22. The smallest absolute Gasteiger partial charge is 0.137 e. The van der Waals surface area contributed by atoms with E-state index in [9.17, 15) is 0 Å². The molecule has 3 nitrogen and oxygen atoms in total. The molecule has 0 fully saturated rings. The Morgan fingerprint density at radius 3 is 1.63 bits per heavy atom. The lowest BCUT2D eigenvalue weighted by Gasteiger charge is -2.26. The molecule has 4 heteroatoms. The lowest BCUT2D eigenvalue weighted by atomic mass is 10.1. The minimum absolute atomic E-state index is 0.852. The van der Waals surface area contributed by atoms with Crippen molar-refractivity contribution >= 4 is 87.6 Å². The summed E-state index contributed by atoms with van der Waals surface area (Å²) in [5.74, 6) is 0. The van der Waals surface area contributed by atoms with E-state index in [0.29, 0.717) is 0 Å². The molecule has 0 bridgehead atoms. The molecule has 46 heavy (non-hydrogen) atoms. The topological polar surface area (TPSA) is 19.6 Å². The number of anilines is 6. The largest absolute Gasteiger partial charge is 0.456 e. The van der Waals surface area contributed by atoms with Crippen molar-refractivity contribution in [2.75, 3.05) is 9.80 Å². The fourth-order valence-corrected chi connectivity index (χ4v) is 7.72. The van der Waals surface area contributed by atoms with Gasteiger partial charge in [-0.1, -0.05) is 84.9 Å². The van der Waals surface area contributed by atoms with E-state index in [0.717, 1.165) is 56.1 Å². The van der Waals surface area contributed by atoms with Crippen LogP contribution in [0.1, 0.15) is 0 Å². The zero-order chi connectivity index (χ0) is 30.5. The lowest BCUT2D eigenvalue weighted by molar-refractivity contribution is 0.669. The van der Waals surface area contributed by atoms with E-state index in [4.69, 9.17) is 4.42 Å². The van der Waals surface area contributed by atoms with Gasteiger partial charge in [0, 0.05) is 60.1 Å². The van der Waals surface area contributed by atoms with Crippen molar-refractivity contribution in [2.24, 2.45) is 0 Å². The molecule has 218 valence electrons. The van der Waals surface area contributed by atoms with Gasteiger partial charge in [-0.05, 0) is 78.9 Å². The van der Waals surface area contributed by atoms with Gasteiger partial charge in [0.05, 0.1) is 11.1 Å². The first kappa shape index (κ1) is 26.6. The van der Waals surface area contributed by atoms with Crippen LogP contribution in [0, 0.1) is 0 Å². The van der Waals surface area contributed by atoms with E-state index < -0.39 is 0 Å². The van der Waals surface area contributed by atoms with E-state index in [2.05, 4.69) is 168 Å². The summed E-state index contributed by atoms with van der Waals surface area (Å²) in [6, 6.07) is 60.0. The Morgan fingerprint density at radius 1 is 0.370 bits per heavy atom. The number of nitrogens with zero attached hydrogens (tertiary/aromatic N) is 2. The first-order valence-corrected chi connectivity index (χ1v) is 16.3. The molecule has 9 rings (SSSR count). The van der Waals surface area contributed by atoms with E-state index in [1.807, 2.05) is 23.5 Å². The maximum atomic E-state index is 6.64. The number of thiophene rings is 1. The molecule has 7 aromatic carbocycles. The average molecular weight is 609 g/mol. The van der Waals surface area contributed by atoms with Gasteiger partial charge in [0.2, 0.25) is 0 Å². The van der Waals surface area contributed by atoms with Crippen LogP contribution in [0.3, 0.4) is 0 Å². The van der Waals surface area contributed by atoms with Crippen molar-refractivity contribution < 1.29 is 4.42 Å². The minimum atomic E-state index is 0.852. The highest BCUT2D eigenvalue weighted by Gasteiger charge is 2.21. The molecule has 2 aromatic heterocycles. The number of hydrogen-bond donors (Lipinski definition) is 0. The molecule has 0 saturated carbocycles. The van der Waals surface area contributed by atoms with E-state index in [1.54, 1.807) is 0 Å². The molecular weight excluding hydrogens is 581 g/mol. The lowest BCUT2D eigenvalue weighted by Crippen LogP contribution is -2.10. The second kappa shape index (κ2) is 11.0. The number of para-hydroxylation sites is 3. The maximum Gasteiger partial charge on any atom is 0.137 e. The van der Waals surface area contributed by atoms with Crippen molar-refractivity contribution in [2.45, 2.75) is 0 Å². The molecule has 0 aliphatic rings. The Bertz CT molecular complexity index is 2440. The van der Waals surface area contributed by atoms with E-state index in [-0.39, 0.29) is 0 Å². The number of furan rings is 1. The minimum Gasteiger partial charge on any atom is -0.456 e. The van der Waals surface area contributed by atoms with Crippen LogP contribution in [0.15, 0.2) is 174 Å². The predicted molar refractivity (Wildman–Crippen MR) is 196 cm³/mol. The fourth-order valence-electron chi connectivity index (χ4n) is 6.58. The Morgan fingerprint density at radius 2 is 0.935 bits per heavy atom. The molecule has 0 radical (unpaired) electrons. The summed E-state index contributed by atoms with van der Waals surface area (Å²) in [6.07, 6.45) is 0. The summed E-state index contributed by atoms with van der Waals surface area (Å²) in [6.45, 7) is 0. The third kappa shape index (κ3) is 4.42. The summed E-state index contributed by atoms with van der Waals surface area (Å²) in [5.41, 5.74) is 8.24. The molecule has 2 heterocycles. The van der Waals surface area contributed by atoms with Crippen LogP contribution in [-0.4, -0.2) is 0 Å². The first-order chi connectivity index (χ1) is 22.8. The number of benzene rings is 7. The van der Waals surface area contributed by atoms with Gasteiger partial charge in [0.25, 0.3) is 0 Å². The van der Waals surface area contributed by atoms with Gasteiger partial charge >= 0.3 is 0 Å². The number of rotatable bonds is 6. The zero-order valence-corrected chi connectivity index (χ0v) is 25.7. The van der Waals surface area contributed by atoms with Gasteiger partial charge in [-0.25, -0.2) is 0 Å². The Balaban J connectivity index is 1.23. The van der Waals surface area contributed by atoms with Gasteiger partial charge in [-0.3, -0.25) is 0 Å². The van der Waals surface area contributed by atoms with Gasteiger partial charge in [-0.2, -0.15) is 0 Å². The van der Waals surface area contributed by atoms with Crippen LogP contribution in [0.25, 0.3) is 42.1 Å². The van der Waals surface area contributed by atoms with Gasteiger partial charge in [0.15, 0.2) is 0 Å². The Hall–Kier alpha value is -5.84. The fraction of sp³-hybridized carbons (Fsp3) is 0. The number of hydrogen-bond acceptors (Lipinski definition) is 4. The van der Waals surface area contributed by atoms with Gasteiger partial charge in [0.1, 0.15) is 11.2 Å². The maximum absolute atomic E-state index is 6.64. The Kier molecular flexibility index (Phi) is 6.32. The van der Waals surface area contributed by atoms with E-state index in [1.165, 1.54) is 20.2 Å². The molecule has 0 aliphatic heterocycles. The van der Waals surface area contributed by atoms with Gasteiger partial charge < -0.3 is 14.2 Å². The summed E-state index contributed by atoms with van der Waals surface area (Å²) in [5, 5.41) is 4.77. The van der Waals surface area contributed by atoms with Crippen LogP contribution >= 0.6 is 11.3 Å². The summed E-state index contributed by atoms with van der Waals surface area (Å²) in [4.78, 5) is 4.62. The molecule has 0 spiro atoms. The average Bonchev–Trinajstić information content (AvgIpc) is 3.68. The first-order valence-electron chi connectivity index (χ1n) is 15.4. The zero-order valence-electron chi connectivity index (χ0n) is 24.9. The highest BCUT2D eigenvalue weighted by atomic mass is 32.1. The second-order valence-corrected chi connectivity index (χ2v) is 12.5. The standard InChI is InChI=1S/C42H28N2OS/c1-4-13-29(14-5-1)43(30-15-6-2-7-16-30)32-24-26-36-39(27-32)45-38-21-12-20-37(42(36)38)44(31-17-8-3-9-18-31)33-23-25-35-34-19-10-11-22-40(34)46-41(35)28-33/h1-28H. The summed E-state index contributed by atoms with van der Waals surface area (Å²) >= 11 is 1.84. The third-order valence-corrected chi connectivity index (χ3v) is 9.76. The molecule has 0 unspecified atom stereocenters. The van der Waals surface area contributed by atoms with Crippen molar-refractivity contribution in [3.63, 3.8) is 0 Å². The van der Waals surface area contributed by atoms with Crippen molar-refractivity contribution in [1.82, 2.24) is 0 Å². The van der Waals surface area contributed by atoms with E-state index >= 15 is 0 Å². The highest BCUT2D eigenvalue weighted by molar-refractivity contribution is 7.25. The van der Waals surface area contributed by atoms with Crippen LogP contribution in [0.5, 0.6) is 0 Å². The predicted octanol–water partition coefficient (Wildman–Crippen LogP) is 12.9. The monoisotopic (exact) mass is 608 g/mol. The summed E-state index contributed by atoms with van der Waals surface area (Å²) in [7, 11) is 0. The van der Waals surface area contributed by atoms with Crippen molar-refractivity contribution in [3.8, 4) is 0 Å². The Labute approximate surface area is 270 Å². The molecular formula is C42H28N2OS. The SMILES string of the molecule is c1ccc(N(c2ccccc2)c2ccc3c(c2)oc2cccc(N(c4ccccc4)c4ccc5c(c4)sc4ccccc45)c23)cc1. The van der Waals surface area contributed by atoms with Crippen LogP contribution in [-0.2, 0) is 0 Å². The second-order valence-electron chi connectivity index (χ2n) is 11.4. The highest BCUT2D eigenvalue weighted by Crippen LogP contribution is 2.46. The third-order valence-electron chi connectivity index (χ3n) is 8.62. The molecule has 0 atom stereocenters. The van der Waals surface area contributed by atoms with Crippen molar-refractivity contribution in [1.29, 1.82) is 0 Å². The molecule has 0 aliphatic carbocycles. The van der Waals surface area contributed by atoms with Crippen LogP contribution in [0.2, 0.25) is 0 Å². The molecule has 9 aromatic rings.